The van der Waals surface area contributed by atoms with Gasteiger partial charge in [-0.3, -0.25) is 20.4 Å². The van der Waals surface area contributed by atoms with Crippen molar-refractivity contribution in [1.29, 1.82) is 0 Å². The topological polar surface area (TPSA) is 114 Å². The first-order valence-electron chi connectivity index (χ1n) is 9.29. The first kappa shape index (κ1) is 22.2. The molecular weight excluding hydrogens is 382 g/mol. The zero-order valence-electron chi connectivity index (χ0n) is 16.7. The van der Waals surface area contributed by atoms with Gasteiger partial charge in [0, 0.05) is 17.5 Å². The van der Waals surface area contributed by atoms with Crippen molar-refractivity contribution >= 4 is 21.8 Å². The number of sulfonamides is 1. The van der Waals surface area contributed by atoms with E-state index >= 15 is 0 Å². The summed E-state index contributed by atoms with van der Waals surface area (Å²) in [6.45, 7) is 4.96. The summed E-state index contributed by atoms with van der Waals surface area (Å²) >= 11 is 0. The van der Waals surface area contributed by atoms with Crippen LogP contribution in [0.5, 0.6) is 5.75 Å². The molecule has 0 aromatic heterocycles. The van der Waals surface area contributed by atoms with E-state index in [9.17, 15) is 18.0 Å². The molecule has 0 spiro atoms. The van der Waals surface area contributed by atoms with Gasteiger partial charge in [0.2, 0.25) is 15.9 Å². The minimum Gasteiger partial charge on any atom is -0.497 e. The lowest BCUT2D eigenvalue weighted by molar-refractivity contribution is -0.126. The second-order valence-electron chi connectivity index (χ2n) is 7.95. The standard InChI is InChI=1S/C19H29N3O5S/c1-19(2,3)28(25,26)22-15-9-5-13(6-10-15)17(23)20-21-18(24)14-7-11-16(27-4)12-8-14/h7-8,11-13,15,22H,5-6,9-10H2,1-4H3,(H,20,23)(H,21,24). The first-order chi connectivity index (χ1) is 13.0. The highest BCUT2D eigenvalue weighted by Gasteiger charge is 2.34. The molecule has 8 nitrogen and oxygen atoms in total. The third-order valence-corrected chi connectivity index (χ3v) is 7.13. The van der Waals surface area contributed by atoms with Crippen LogP contribution in [0.15, 0.2) is 24.3 Å². The summed E-state index contributed by atoms with van der Waals surface area (Å²) in [7, 11) is -1.87. The lowest BCUT2D eigenvalue weighted by Crippen LogP contribution is -2.48. The normalized spacial score (nSPS) is 20.3. The van der Waals surface area contributed by atoms with Gasteiger partial charge in [-0.15, -0.1) is 0 Å². The second kappa shape index (κ2) is 8.91. The number of nitrogens with one attached hydrogen (secondary N) is 3. The molecule has 0 saturated heterocycles. The summed E-state index contributed by atoms with van der Waals surface area (Å²) in [5.74, 6) is -0.299. The average molecular weight is 412 g/mol. The van der Waals surface area contributed by atoms with Gasteiger partial charge < -0.3 is 4.74 Å². The number of carbonyl (C=O) groups excluding carboxylic acids is 2. The van der Waals surface area contributed by atoms with E-state index in [4.69, 9.17) is 4.74 Å². The molecular formula is C19H29N3O5S. The van der Waals surface area contributed by atoms with E-state index in [1.165, 1.54) is 7.11 Å². The highest BCUT2D eigenvalue weighted by atomic mass is 32.2. The highest BCUT2D eigenvalue weighted by molar-refractivity contribution is 7.90. The third kappa shape index (κ3) is 5.68. The number of methoxy groups -OCH3 is 1. The minimum atomic E-state index is -3.41. The van der Waals surface area contributed by atoms with Gasteiger partial charge >= 0.3 is 0 Å². The molecule has 28 heavy (non-hydrogen) atoms. The zero-order valence-corrected chi connectivity index (χ0v) is 17.6. The molecule has 0 heterocycles. The summed E-state index contributed by atoms with van der Waals surface area (Å²) in [4.78, 5) is 24.4. The van der Waals surface area contributed by atoms with Crippen molar-refractivity contribution in [2.24, 2.45) is 5.92 Å². The predicted octanol–water partition coefficient (Wildman–Crippen LogP) is 1.73. The maximum absolute atomic E-state index is 12.3. The van der Waals surface area contributed by atoms with Gasteiger partial charge in [0.05, 0.1) is 11.9 Å². The summed E-state index contributed by atoms with van der Waals surface area (Å²) in [6.07, 6.45) is 2.28. The number of hydrogen-bond donors (Lipinski definition) is 3. The number of carbonyl (C=O) groups is 2. The van der Waals surface area contributed by atoms with Gasteiger partial charge in [-0.05, 0) is 70.7 Å². The largest absolute Gasteiger partial charge is 0.497 e. The molecule has 0 aliphatic heterocycles. The van der Waals surface area contributed by atoms with Crippen molar-refractivity contribution in [1.82, 2.24) is 15.6 Å². The first-order valence-corrected chi connectivity index (χ1v) is 10.8. The maximum Gasteiger partial charge on any atom is 0.269 e. The smallest absolute Gasteiger partial charge is 0.269 e. The zero-order chi connectivity index (χ0) is 20.9. The van der Waals surface area contributed by atoms with E-state index < -0.39 is 20.7 Å². The Balaban J connectivity index is 1.79. The van der Waals surface area contributed by atoms with E-state index in [0.29, 0.717) is 37.0 Å². The number of amides is 2. The van der Waals surface area contributed by atoms with Crippen molar-refractivity contribution < 1.29 is 22.7 Å². The van der Waals surface area contributed by atoms with Gasteiger partial charge in [-0.2, -0.15) is 0 Å². The van der Waals surface area contributed by atoms with Crippen LogP contribution in [-0.4, -0.2) is 38.1 Å². The SMILES string of the molecule is COc1ccc(C(=O)NNC(=O)C2CCC(NS(=O)(=O)C(C)(C)C)CC2)cc1. The highest BCUT2D eigenvalue weighted by Crippen LogP contribution is 2.26. The van der Waals surface area contributed by atoms with Crippen LogP contribution >= 0.6 is 0 Å². The van der Waals surface area contributed by atoms with Crippen molar-refractivity contribution in [2.75, 3.05) is 7.11 Å². The summed E-state index contributed by atoms with van der Waals surface area (Å²) < 4.78 is 31.4. The molecule has 0 atom stereocenters. The van der Waals surface area contributed by atoms with Crippen molar-refractivity contribution in [2.45, 2.75) is 57.2 Å². The van der Waals surface area contributed by atoms with Gasteiger partial charge in [0.15, 0.2) is 0 Å². The lowest BCUT2D eigenvalue weighted by atomic mass is 9.86. The molecule has 0 unspecified atom stereocenters. The van der Waals surface area contributed by atoms with Crippen molar-refractivity contribution in [3.05, 3.63) is 29.8 Å². The number of benzene rings is 1. The fraction of sp³-hybridized carbons (Fsp3) is 0.579. The van der Waals surface area contributed by atoms with E-state index in [0.717, 1.165) is 0 Å². The fourth-order valence-corrected chi connectivity index (χ4v) is 3.93. The molecule has 2 amide bonds. The fourth-order valence-electron chi connectivity index (χ4n) is 2.90. The summed E-state index contributed by atoms with van der Waals surface area (Å²) in [6, 6.07) is 6.37. The van der Waals surface area contributed by atoms with Crippen molar-refractivity contribution in [3.8, 4) is 5.75 Å². The summed E-state index contributed by atoms with van der Waals surface area (Å²) in [5, 5.41) is 0. The van der Waals surface area contributed by atoms with Gasteiger partial charge in [0.25, 0.3) is 5.91 Å². The Bertz CT molecular complexity index is 792. The van der Waals surface area contributed by atoms with Crippen molar-refractivity contribution in [3.63, 3.8) is 0 Å². The second-order valence-corrected chi connectivity index (χ2v) is 10.4. The van der Waals surface area contributed by atoms with Crippen LogP contribution in [0, 0.1) is 5.92 Å². The number of hydrogen-bond acceptors (Lipinski definition) is 5. The van der Waals surface area contributed by atoms with Crippen LogP contribution in [0.2, 0.25) is 0 Å². The minimum absolute atomic E-state index is 0.165. The van der Waals surface area contributed by atoms with Crippen LogP contribution in [0.25, 0.3) is 0 Å². The molecule has 1 saturated carbocycles. The van der Waals surface area contributed by atoms with Crippen LogP contribution in [0.4, 0.5) is 0 Å². The van der Waals surface area contributed by atoms with Crippen LogP contribution in [-0.2, 0) is 14.8 Å². The van der Waals surface area contributed by atoms with Gasteiger partial charge in [-0.1, -0.05) is 0 Å². The van der Waals surface area contributed by atoms with E-state index in [1.807, 2.05) is 0 Å². The summed E-state index contributed by atoms with van der Waals surface area (Å²) in [5.41, 5.74) is 5.27. The van der Waals surface area contributed by atoms with Crippen LogP contribution in [0.1, 0.15) is 56.8 Å². The Kier molecular flexibility index (Phi) is 7.06. The molecule has 1 aliphatic carbocycles. The Morgan fingerprint density at radius 1 is 1.00 bits per heavy atom. The van der Waals surface area contributed by atoms with Gasteiger partial charge in [0.1, 0.15) is 5.75 Å². The molecule has 1 aromatic carbocycles. The molecule has 1 fully saturated rings. The molecule has 156 valence electrons. The third-order valence-electron chi connectivity index (χ3n) is 4.88. The van der Waals surface area contributed by atoms with E-state index in [1.54, 1.807) is 45.0 Å². The molecule has 9 heteroatoms. The average Bonchev–Trinajstić information content (AvgIpc) is 2.65. The van der Waals surface area contributed by atoms with E-state index in [-0.39, 0.29) is 17.9 Å². The number of hydrazine groups is 1. The molecule has 1 aromatic rings. The molecule has 2 rings (SSSR count). The molecule has 3 N–H and O–H groups in total. The quantitative estimate of drug-likeness (QED) is 0.639. The molecule has 0 radical (unpaired) electrons. The number of ether oxygens (including phenoxy) is 1. The molecule has 1 aliphatic rings. The van der Waals surface area contributed by atoms with Gasteiger partial charge in [-0.25, -0.2) is 13.1 Å². The monoisotopic (exact) mass is 411 g/mol. The Morgan fingerprint density at radius 2 is 1.57 bits per heavy atom. The maximum atomic E-state index is 12.3. The van der Waals surface area contributed by atoms with Crippen LogP contribution in [0.3, 0.4) is 0 Å². The Labute approximate surface area is 166 Å². The predicted molar refractivity (Wildman–Crippen MR) is 106 cm³/mol. The van der Waals surface area contributed by atoms with E-state index in [2.05, 4.69) is 15.6 Å². The Morgan fingerprint density at radius 3 is 2.07 bits per heavy atom. The number of rotatable bonds is 5. The molecule has 0 bridgehead atoms. The van der Waals surface area contributed by atoms with Crippen LogP contribution < -0.4 is 20.3 Å². The lowest BCUT2D eigenvalue weighted by Gasteiger charge is -2.30. The Hall–Kier alpha value is -2.13.